The lowest BCUT2D eigenvalue weighted by atomic mass is 9.96. The number of benzene rings is 4. The molecule has 0 fully saturated rings. The first kappa shape index (κ1) is 79.4. The van der Waals surface area contributed by atoms with E-state index < -0.39 is 113 Å². The fraction of sp³-hybridized carbons (Fsp3) is 0.419. The van der Waals surface area contributed by atoms with Gasteiger partial charge in [-0.15, -0.1) is 0 Å². The Balaban J connectivity index is 1.09. The topological polar surface area (TPSA) is 541 Å². The number of amides is 9. The van der Waals surface area contributed by atoms with Crippen LogP contribution in [0.15, 0.2) is 122 Å². The Hall–Kier alpha value is -11.3. The monoisotopic (exact) mass is 1440 g/mol. The van der Waals surface area contributed by atoms with Crippen molar-refractivity contribution in [1.82, 2.24) is 73.1 Å². The molecule has 9 amide bonds. The number of para-hydroxylation sites is 4. The molecule has 4 aromatic carbocycles. The van der Waals surface area contributed by atoms with Crippen molar-refractivity contribution in [3.63, 3.8) is 0 Å². The van der Waals surface area contributed by atoms with Gasteiger partial charge in [-0.3, -0.25) is 54.0 Å². The Kier molecular flexibility index (Phi) is 29.8. The van der Waals surface area contributed by atoms with Crippen LogP contribution in [0.3, 0.4) is 0 Å². The fourth-order valence-electron chi connectivity index (χ4n) is 12.8. The van der Waals surface area contributed by atoms with E-state index in [-0.39, 0.29) is 95.8 Å². The molecule has 4 aromatic heterocycles. The average molecular weight is 1440 g/mol. The molecule has 562 valence electrons. The van der Waals surface area contributed by atoms with Crippen LogP contribution < -0.4 is 87.6 Å². The van der Waals surface area contributed by atoms with Crippen LogP contribution in [0.4, 0.5) is 0 Å². The number of fused-ring (bicyclic) bond motifs is 4. The summed E-state index contributed by atoms with van der Waals surface area (Å²) in [6.45, 7) is 4.49. The van der Waals surface area contributed by atoms with Gasteiger partial charge in [0.05, 0.1) is 6.04 Å². The van der Waals surface area contributed by atoms with Crippen molar-refractivity contribution in [2.45, 2.75) is 165 Å². The van der Waals surface area contributed by atoms with E-state index in [1.54, 1.807) is 31.7 Å². The normalized spacial score (nSPS) is 14.3. The maximum atomic E-state index is 15.5. The molecule has 10 atom stereocenters. The highest BCUT2D eigenvalue weighted by Gasteiger charge is 2.37. The standard InChI is InChI=1S/C74H102N22O9/c1-3-42(2)63(72(105)91-58(29-17-33-84-74(81)82)66(99)92-59(64(78)97)34-43-38-85-52-23-8-4-18-47(43)52)96-71(104)62(37-46-41-88-55-26-11-7-21-50(46)55)94-67(100)56(27-13-15-31-76)90-69(102)60(35-44-39-86-53-24-9-5-19-48(44)53)95-70(103)61(36-45-40-87-54-25-10-6-20-49(45)54)93-68(101)57(28-16-32-83-73(79)80)89-65(98)51(77)22-12-14-30-75/h4-11,18-21,23-26,38-42,51,56-63,85-88H,3,12-17,22,27-37,75-77H2,1-2H3,(H2,78,97)(H,89,98)(H,90,102)(H,91,105)(H,92,99)(H,93,101)(H,94,100)(H,95,103)(H,96,104)(H4,79,80,83)(H4,81,82,84)/t42-,51-,56-,57-,58-,59-,60-,61-,62-,63-/m1/s1. The van der Waals surface area contributed by atoms with Crippen molar-refractivity contribution in [2.24, 2.45) is 40.3 Å². The summed E-state index contributed by atoms with van der Waals surface area (Å²) in [5.74, 6) is -8.10. The third-order valence-corrected chi connectivity index (χ3v) is 18.9. The van der Waals surface area contributed by atoms with Crippen LogP contribution in [0.25, 0.3) is 43.6 Å². The van der Waals surface area contributed by atoms with Gasteiger partial charge in [-0.1, -0.05) is 99.5 Å². The number of unbranched alkanes of at least 4 members (excludes halogenated alkanes) is 2. The molecule has 0 unspecified atom stereocenters. The average Bonchev–Trinajstić information content (AvgIpc) is 1.81. The zero-order chi connectivity index (χ0) is 75.5. The largest absolute Gasteiger partial charge is 0.370 e. The molecular formula is C74H102N22O9. The number of aromatic amines is 4. The van der Waals surface area contributed by atoms with Crippen LogP contribution in [-0.2, 0) is 68.8 Å². The molecule has 0 saturated heterocycles. The SMILES string of the molecule is CC[C@@H](C)[C@@H](NC(=O)[C@@H](Cc1c[nH]c2ccccc12)NC(=O)[C@@H](CCCCN)NC(=O)[C@@H](Cc1c[nH]c2ccccc12)NC(=O)[C@@H](Cc1c[nH]c2ccccc12)NC(=O)[C@@H](CCCNC(=N)N)NC(=O)[C@H](N)CCCCN)C(=O)N[C@H](CCCNC(=N)N)C(=O)N[C@H](Cc1c[nH]c2ccccc12)C(N)=O. The summed E-state index contributed by atoms with van der Waals surface area (Å²) in [6.07, 6.45) is 9.50. The van der Waals surface area contributed by atoms with E-state index in [4.69, 9.17) is 45.2 Å². The van der Waals surface area contributed by atoms with E-state index in [2.05, 4.69) is 73.1 Å². The molecule has 28 N–H and O–H groups in total. The molecule has 31 heteroatoms. The lowest BCUT2D eigenvalue weighted by Crippen LogP contribution is -2.61. The number of rotatable bonds is 43. The highest BCUT2D eigenvalue weighted by Crippen LogP contribution is 2.25. The number of guanidine groups is 2. The summed E-state index contributed by atoms with van der Waals surface area (Å²) in [7, 11) is 0. The van der Waals surface area contributed by atoms with Gasteiger partial charge in [0.1, 0.15) is 48.3 Å². The molecule has 0 radical (unpaired) electrons. The number of carbonyl (C=O) groups is 9. The van der Waals surface area contributed by atoms with Gasteiger partial charge in [0, 0.05) is 107 Å². The van der Waals surface area contributed by atoms with E-state index in [1.165, 1.54) is 0 Å². The molecule has 0 aliphatic rings. The third-order valence-electron chi connectivity index (χ3n) is 18.9. The van der Waals surface area contributed by atoms with Crippen molar-refractivity contribution in [3.8, 4) is 0 Å². The quantitative estimate of drug-likeness (QED) is 0.0146. The summed E-state index contributed by atoms with van der Waals surface area (Å²) < 4.78 is 0. The number of hydrogen-bond acceptors (Lipinski definition) is 14. The Bertz CT molecular complexity index is 4290. The zero-order valence-corrected chi connectivity index (χ0v) is 59.4. The predicted octanol–water partition coefficient (Wildman–Crippen LogP) is 1.40. The molecule has 0 spiro atoms. The molecule has 0 aliphatic carbocycles. The van der Waals surface area contributed by atoms with E-state index >= 15 is 19.2 Å². The van der Waals surface area contributed by atoms with E-state index in [0.29, 0.717) is 60.9 Å². The molecule has 0 bridgehead atoms. The number of nitrogens with one attached hydrogen (secondary N) is 16. The van der Waals surface area contributed by atoms with E-state index in [9.17, 15) is 24.0 Å². The first-order valence-corrected chi connectivity index (χ1v) is 35.8. The second-order valence-corrected chi connectivity index (χ2v) is 26.6. The third kappa shape index (κ3) is 22.8. The number of aromatic nitrogens is 4. The summed E-state index contributed by atoms with van der Waals surface area (Å²) in [5, 5.41) is 46.7. The Morgan fingerprint density at radius 2 is 0.676 bits per heavy atom. The van der Waals surface area contributed by atoms with Crippen LogP contribution >= 0.6 is 0 Å². The summed E-state index contributed by atoms with van der Waals surface area (Å²) in [6, 6.07) is 17.7. The van der Waals surface area contributed by atoms with Crippen LogP contribution in [0, 0.1) is 16.7 Å². The first-order valence-electron chi connectivity index (χ1n) is 35.8. The molecular weight excluding hydrogens is 1340 g/mol. The highest BCUT2D eigenvalue weighted by molar-refractivity contribution is 6.00. The van der Waals surface area contributed by atoms with Crippen LogP contribution in [0.1, 0.15) is 107 Å². The second kappa shape index (κ2) is 39.4. The fourth-order valence-corrected chi connectivity index (χ4v) is 12.8. The van der Waals surface area contributed by atoms with Crippen molar-refractivity contribution in [2.75, 3.05) is 26.2 Å². The molecule has 8 aromatic rings. The molecule has 0 saturated carbocycles. The van der Waals surface area contributed by atoms with Gasteiger partial charge in [0.25, 0.3) is 0 Å². The molecule has 31 nitrogen and oxygen atoms in total. The first-order chi connectivity index (χ1) is 50.5. The smallest absolute Gasteiger partial charge is 0.243 e. The van der Waals surface area contributed by atoms with Gasteiger partial charge in [0.15, 0.2) is 11.9 Å². The van der Waals surface area contributed by atoms with Crippen molar-refractivity contribution in [3.05, 3.63) is 144 Å². The Labute approximate surface area is 608 Å². The summed E-state index contributed by atoms with van der Waals surface area (Å²) in [5.41, 5.74) is 40.7. The minimum Gasteiger partial charge on any atom is -0.370 e. The Morgan fingerprint density at radius 3 is 1.03 bits per heavy atom. The van der Waals surface area contributed by atoms with Gasteiger partial charge in [0.2, 0.25) is 53.2 Å². The van der Waals surface area contributed by atoms with Crippen molar-refractivity contribution < 1.29 is 43.2 Å². The maximum Gasteiger partial charge on any atom is 0.243 e. The predicted molar refractivity (Wildman–Crippen MR) is 404 cm³/mol. The number of hydrogen-bond donors (Lipinski definition) is 22. The minimum atomic E-state index is -1.46. The molecule has 0 aliphatic heterocycles. The molecule has 4 heterocycles. The number of H-pyrrole nitrogens is 4. The molecule has 8 rings (SSSR count). The van der Waals surface area contributed by atoms with Gasteiger partial charge in [-0.25, -0.2) is 0 Å². The number of nitrogens with two attached hydrogens (primary N) is 6. The lowest BCUT2D eigenvalue weighted by Gasteiger charge is -2.30. The van der Waals surface area contributed by atoms with Crippen LogP contribution in [-0.4, -0.2) is 166 Å². The maximum absolute atomic E-state index is 15.5. The summed E-state index contributed by atoms with van der Waals surface area (Å²) >= 11 is 0. The van der Waals surface area contributed by atoms with Gasteiger partial charge < -0.3 is 108 Å². The summed E-state index contributed by atoms with van der Waals surface area (Å²) in [4.78, 5) is 145. The van der Waals surface area contributed by atoms with Gasteiger partial charge in [-0.2, -0.15) is 0 Å². The lowest BCUT2D eigenvalue weighted by molar-refractivity contribution is -0.136. The van der Waals surface area contributed by atoms with E-state index in [0.717, 1.165) is 43.6 Å². The van der Waals surface area contributed by atoms with Crippen molar-refractivity contribution >= 4 is 109 Å². The van der Waals surface area contributed by atoms with Crippen molar-refractivity contribution in [1.29, 1.82) is 10.8 Å². The minimum absolute atomic E-state index is 0.00338. The zero-order valence-electron chi connectivity index (χ0n) is 59.4. The van der Waals surface area contributed by atoms with Gasteiger partial charge >= 0.3 is 0 Å². The van der Waals surface area contributed by atoms with Gasteiger partial charge in [-0.05, 0) is 123 Å². The second-order valence-electron chi connectivity index (χ2n) is 26.6. The number of primary amides is 1. The van der Waals surface area contributed by atoms with Crippen LogP contribution in [0.5, 0.6) is 0 Å². The van der Waals surface area contributed by atoms with Crippen LogP contribution in [0.2, 0.25) is 0 Å². The Morgan fingerprint density at radius 1 is 0.381 bits per heavy atom. The highest BCUT2D eigenvalue weighted by atomic mass is 16.2. The number of carbonyl (C=O) groups excluding carboxylic acids is 9. The molecule has 105 heavy (non-hydrogen) atoms. The van der Waals surface area contributed by atoms with E-state index in [1.807, 2.05) is 104 Å².